The average molecular weight is 1110 g/mol. The molecule has 0 spiro atoms. The largest absolute Gasteiger partial charge is 2.00 e. The molecule has 332 valence electrons. The zero-order chi connectivity index (χ0) is 45.5. The Labute approximate surface area is 421 Å². The summed E-state index contributed by atoms with van der Waals surface area (Å²) in [5.74, 6) is 1.74. The van der Waals surface area contributed by atoms with Crippen LogP contribution in [0.15, 0.2) is 243 Å². The van der Waals surface area contributed by atoms with Crippen molar-refractivity contribution in [2.45, 2.75) is 0 Å². The van der Waals surface area contributed by atoms with Gasteiger partial charge in [0.25, 0.3) is 0 Å². The van der Waals surface area contributed by atoms with Crippen LogP contribution in [-0.2, 0) is 21.1 Å². The predicted molar refractivity (Wildman–Crippen MR) is 287 cm³/mol. The third-order valence-electron chi connectivity index (χ3n) is 14.5. The number of ether oxygens (including phenoxy) is 1. The Hall–Kier alpha value is -7.94. The first kappa shape index (κ1) is 42.2. The Balaban J connectivity index is 0.00000480. The molecular formula is C62H40N4OPtSi2. The first-order valence-electron chi connectivity index (χ1n) is 23.4. The van der Waals surface area contributed by atoms with Crippen molar-refractivity contribution in [3.63, 3.8) is 0 Å². The normalized spacial score (nSPS) is 13.0. The van der Waals surface area contributed by atoms with Crippen molar-refractivity contribution in [2.75, 3.05) is 0 Å². The second-order valence-electron chi connectivity index (χ2n) is 17.9. The number of benzene rings is 9. The van der Waals surface area contributed by atoms with E-state index in [1.807, 2.05) is 18.5 Å². The van der Waals surface area contributed by atoms with Crippen LogP contribution in [0.5, 0.6) is 11.5 Å². The van der Waals surface area contributed by atoms with Crippen LogP contribution in [0, 0.1) is 12.1 Å². The molecule has 5 heterocycles. The van der Waals surface area contributed by atoms with Gasteiger partial charge in [-0.3, -0.25) is 4.98 Å². The monoisotopic (exact) mass is 1110 g/mol. The summed E-state index contributed by atoms with van der Waals surface area (Å²) in [6.07, 6.45) is 5.85. The molecule has 9 aromatic carbocycles. The van der Waals surface area contributed by atoms with Gasteiger partial charge in [-0.15, -0.1) is 34.8 Å². The second kappa shape index (κ2) is 16.6. The predicted octanol–water partition coefficient (Wildman–Crippen LogP) is 8.59. The van der Waals surface area contributed by atoms with Crippen molar-refractivity contribution in [3.8, 4) is 17.2 Å². The van der Waals surface area contributed by atoms with Gasteiger partial charge in [-0.1, -0.05) is 181 Å². The van der Waals surface area contributed by atoms with Crippen LogP contribution in [0.2, 0.25) is 0 Å². The van der Waals surface area contributed by atoms with E-state index in [9.17, 15) is 0 Å². The number of pyridine rings is 2. The Morgan fingerprint density at radius 1 is 0.457 bits per heavy atom. The van der Waals surface area contributed by atoms with E-state index >= 15 is 0 Å². The van der Waals surface area contributed by atoms with Gasteiger partial charge in [-0.25, -0.2) is 4.98 Å². The number of aromatic nitrogens is 4. The summed E-state index contributed by atoms with van der Waals surface area (Å²) in [4.78, 5) is 10.1. The molecule has 1 aliphatic rings. The van der Waals surface area contributed by atoms with Crippen LogP contribution in [0.3, 0.4) is 0 Å². The summed E-state index contributed by atoms with van der Waals surface area (Å²) in [5.41, 5.74) is 4.73. The van der Waals surface area contributed by atoms with E-state index in [2.05, 4.69) is 246 Å². The number of rotatable bonds is 7. The zero-order valence-corrected chi connectivity index (χ0v) is 41.9. The first-order valence-corrected chi connectivity index (χ1v) is 27.4. The molecule has 0 saturated carbocycles. The molecule has 70 heavy (non-hydrogen) atoms. The molecule has 0 bridgehead atoms. The molecule has 0 aliphatic carbocycles. The molecule has 0 fully saturated rings. The smallest absolute Gasteiger partial charge is 0.455 e. The van der Waals surface area contributed by atoms with Gasteiger partial charge in [0, 0.05) is 34.9 Å². The summed E-state index contributed by atoms with van der Waals surface area (Å²) >= 11 is 0. The van der Waals surface area contributed by atoms with Gasteiger partial charge >= 0.3 is 21.1 Å². The van der Waals surface area contributed by atoms with Crippen LogP contribution in [0.25, 0.3) is 54.9 Å². The molecule has 1 aliphatic heterocycles. The van der Waals surface area contributed by atoms with Crippen molar-refractivity contribution in [3.05, 3.63) is 255 Å². The van der Waals surface area contributed by atoms with E-state index in [1.165, 1.54) is 36.5 Å². The van der Waals surface area contributed by atoms with Crippen molar-refractivity contribution < 1.29 is 25.8 Å². The van der Waals surface area contributed by atoms with Gasteiger partial charge in [0.05, 0.1) is 11.2 Å². The zero-order valence-electron chi connectivity index (χ0n) is 37.6. The third-order valence-corrected chi connectivity index (χ3v) is 23.9. The fraction of sp³-hybridized carbons (Fsp3) is 0. The van der Waals surface area contributed by atoms with E-state index in [0.717, 1.165) is 71.4 Å². The molecule has 0 radical (unpaired) electrons. The molecule has 0 saturated heterocycles. The van der Waals surface area contributed by atoms with Crippen LogP contribution in [0.1, 0.15) is 0 Å². The van der Waals surface area contributed by atoms with Crippen LogP contribution in [0.4, 0.5) is 0 Å². The molecule has 8 heteroatoms. The molecule has 0 atom stereocenters. The molecule has 14 rings (SSSR count). The van der Waals surface area contributed by atoms with E-state index in [1.54, 1.807) is 0 Å². The van der Waals surface area contributed by atoms with E-state index < -0.39 is 16.1 Å². The van der Waals surface area contributed by atoms with Crippen LogP contribution < -0.4 is 46.2 Å². The van der Waals surface area contributed by atoms with Crippen LogP contribution in [-0.4, -0.2) is 35.1 Å². The minimum Gasteiger partial charge on any atom is -0.455 e. The van der Waals surface area contributed by atoms with E-state index in [-0.39, 0.29) is 21.1 Å². The number of hydrogen-bond donors (Lipinski definition) is 0. The molecule has 4 aromatic heterocycles. The third kappa shape index (κ3) is 5.99. The SMILES string of the molecule is [Pt+2].[c-]1c(-n2c3ncccc3c3ccc4c(c32)Oc2ccccc2[Si]4(c2ccccc2)c2ccccc2)cccc1[Si](c1[c-]c2c(cc1)c1ccccc1n1ccnc21)(c1ccccc1)c1ccccc1. The molecule has 0 unspecified atom stereocenters. The summed E-state index contributed by atoms with van der Waals surface area (Å²) in [6, 6.07) is 89.9. The van der Waals surface area contributed by atoms with E-state index in [0.29, 0.717) is 0 Å². The van der Waals surface area contributed by atoms with Gasteiger partial charge in [-0.05, 0) is 60.8 Å². The summed E-state index contributed by atoms with van der Waals surface area (Å²) in [5, 5.41) is 15.2. The quantitative estimate of drug-likeness (QED) is 0.0696. The number of imidazole rings is 1. The Morgan fingerprint density at radius 2 is 1.07 bits per heavy atom. The maximum atomic E-state index is 7.35. The van der Waals surface area contributed by atoms with Crippen molar-refractivity contribution in [2.24, 2.45) is 0 Å². The minimum absolute atomic E-state index is 0. The van der Waals surface area contributed by atoms with Gasteiger partial charge in [0.1, 0.15) is 19.5 Å². The molecule has 0 amide bonds. The summed E-state index contributed by atoms with van der Waals surface area (Å²) in [7, 11) is -6.19. The standard InChI is InChI=1S/C62H40N4OSi2.Pt/c1-5-20-44(21-6-1)68(45-22-7-2-8-23-45,49-34-35-50-51-29-13-14-31-55(51)65-40-39-64-61(65)54(50)42-49)48-28-17-19-43(41-48)66-59-52(53-30-18-38-63-62(53)66)36-37-58-60(59)67-56-32-15-16-33-57(56)69(58,46-24-9-3-10-25-46)47-26-11-4-12-27-47;/h1-40H;/q-2;+2. The maximum absolute atomic E-state index is 7.35. The minimum atomic E-state index is -3.22. The van der Waals surface area contributed by atoms with Crippen molar-refractivity contribution >= 4 is 107 Å². The van der Waals surface area contributed by atoms with Crippen LogP contribution >= 0.6 is 0 Å². The van der Waals surface area contributed by atoms with Crippen molar-refractivity contribution in [1.29, 1.82) is 0 Å². The fourth-order valence-electron chi connectivity index (χ4n) is 11.6. The summed E-state index contributed by atoms with van der Waals surface area (Å²) in [6.45, 7) is 0. The maximum Gasteiger partial charge on any atom is 2.00 e. The van der Waals surface area contributed by atoms with Gasteiger partial charge in [0.2, 0.25) is 0 Å². The Morgan fingerprint density at radius 3 is 1.81 bits per heavy atom. The Bertz CT molecular complexity index is 4040. The van der Waals surface area contributed by atoms with Gasteiger partial charge in [0.15, 0.2) is 13.8 Å². The molecule has 0 N–H and O–H groups in total. The topological polar surface area (TPSA) is 44.4 Å². The number of para-hydroxylation sites is 2. The average Bonchev–Trinajstić information content (AvgIpc) is 4.06. The fourth-order valence-corrected chi connectivity index (χ4v) is 21.1. The number of hydrogen-bond acceptors (Lipinski definition) is 3. The van der Waals surface area contributed by atoms with Crippen molar-refractivity contribution in [1.82, 2.24) is 18.9 Å². The molecule has 5 nitrogen and oxygen atoms in total. The van der Waals surface area contributed by atoms with Gasteiger partial charge < -0.3 is 13.7 Å². The molecular weight excluding hydrogens is 1070 g/mol. The number of fused-ring (bicyclic) bond motifs is 12. The second-order valence-corrected chi connectivity index (χ2v) is 25.3. The molecule has 13 aromatic rings. The Kier molecular flexibility index (Phi) is 10.0. The summed E-state index contributed by atoms with van der Waals surface area (Å²) < 4.78 is 11.9. The van der Waals surface area contributed by atoms with E-state index in [4.69, 9.17) is 14.7 Å². The van der Waals surface area contributed by atoms with Gasteiger partial charge in [-0.2, -0.15) is 23.4 Å². The number of nitrogens with zero attached hydrogens (tertiary/aromatic N) is 4. The first-order chi connectivity index (χ1) is 34.2.